The highest BCUT2D eigenvalue weighted by atomic mass is 16.5. The van der Waals surface area contributed by atoms with E-state index >= 15 is 0 Å². The second-order valence-electron chi connectivity index (χ2n) is 6.97. The third-order valence-corrected chi connectivity index (χ3v) is 5.08. The molecule has 1 aliphatic rings. The monoisotopic (exact) mass is 366 g/mol. The molecule has 0 saturated carbocycles. The number of Topliss-reactive ketones (excluding diaryl/α,β-unsaturated/α-hetero) is 1. The quantitative estimate of drug-likeness (QED) is 0.699. The van der Waals surface area contributed by atoms with Crippen molar-refractivity contribution in [3.8, 4) is 11.1 Å². The Hall–Kier alpha value is -2.66. The van der Waals surface area contributed by atoms with Crippen LogP contribution in [0.5, 0.6) is 0 Å². The van der Waals surface area contributed by atoms with Crippen LogP contribution in [0.2, 0.25) is 0 Å². The van der Waals surface area contributed by atoms with E-state index in [1.807, 2.05) is 24.3 Å². The van der Waals surface area contributed by atoms with Crippen molar-refractivity contribution in [1.29, 1.82) is 0 Å². The Morgan fingerprint density at radius 1 is 1.04 bits per heavy atom. The third kappa shape index (κ3) is 4.55. The van der Waals surface area contributed by atoms with Gasteiger partial charge in [0.25, 0.3) is 0 Å². The molecule has 1 aliphatic carbocycles. The van der Waals surface area contributed by atoms with Gasteiger partial charge >= 0.3 is 6.09 Å². The first kappa shape index (κ1) is 19.1. The molecule has 2 aromatic rings. The molecule has 2 aromatic carbocycles. The summed E-state index contributed by atoms with van der Waals surface area (Å²) < 4.78 is 5.48. The molecule has 0 unspecified atom stereocenters. The van der Waals surface area contributed by atoms with E-state index in [4.69, 9.17) is 10.5 Å². The summed E-state index contributed by atoms with van der Waals surface area (Å²) in [6.45, 7) is 2.33. The number of ketones is 1. The molecule has 142 valence electrons. The van der Waals surface area contributed by atoms with Gasteiger partial charge in [0.1, 0.15) is 12.4 Å². The fraction of sp³-hybridized carbons (Fsp3) is 0.364. The number of hydrogen-bond donors (Lipinski definition) is 2. The van der Waals surface area contributed by atoms with Gasteiger partial charge in [0.15, 0.2) is 0 Å². The lowest BCUT2D eigenvalue weighted by Crippen LogP contribution is -2.29. The van der Waals surface area contributed by atoms with E-state index in [2.05, 4.69) is 29.6 Å². The van der Waals surface area contributed by atoms with Crippen LogP contribution in [0.25, 0.3) is 11.1 Å². The summed E-state index contributed by atoms with van der Waals surface area (Å²) >= 11 is 0. The van der Waals surface area contributed by atoms with Crippen LogP contribution in [0.15, 0.2) is 48.5 Å². The first-order valence-electron chi connectivity index (χ1n) is 9.43. The molecular formula is C22H26N2O3. The number of nitrogens with two attached hydrogens (primary N) is 1. The maximum Gasteiger partial charge on any atom is 0.407 e. The van der Waals surface area contributed by atoms with Gasteiger partial charge in [-0.1, -0.05) is 48.5 Å². The van der Waals surface area contributed by atoms with E-state index in [0.717, 1.165) is 12.8 Å². The zero-order valence-electron chi connectivity index (χ0n) is 15.6. The van der Waals surface area contributed by atoms with E-state index in [0.29, 0.717) is 19.6 Å². The average Bonchev–Trinajstić information content (AvgIpc) is 3.00. The van der Waals surface area contributed by atoms with Gasteiger partial charge in [-0.05, 0) is 48.4 Å². The van der Waals surface area contributed by atoms with Crippen LogP contribution < -0.4 is 11.1 Å². The number of nitrogens with one attached hydrogen (secondary N) is 1. The number of unbranched alkanes of at least 4 members (excludes halogenated alkanes) is 1. The van der Waals surface area contributed by atoms with Crippen molar-refractivity contribution < 1.29 is 14.3 Å². The highest BCUT2D eigenvalue weighted by Crippen LogP contribution is 2.44. The lowest BCUT2D eigenvalue weighted by atomic mass is 9.98. The van der Waals surface area contributed by atoms with Crippen LogP contribution >= 0.6 is 0 Å². The van der Waals surface area contributed by atoms with Crippen molar-refractivity contribution in [1.82, 2.24) is 5.32 Å². The minimum Gasteiger partial charge on any atom is -0.449 e. The molecule has 0 radical (unpaired) electrons. The van der Waals surface area contributed by atoms with Crippen molar-refractivity contribution >= 4 is 11.9 Å². The molecule has 0 spiro atoms. The second kappa shape index (κ2) is 8.82. The smallest absolute Gasteiger partial charge is 0.407 e. The summed E-state index contributed by atoms with van der Waals surface area (Å²) in [5.41, 5.74) is 10.5. The lowest BCUT2D eigenvalue weighted by molar-refractivity contribution is -0.118. The maximum atomic E-state index is 12.0. The summed E-state index contributed by atoms with van der Waals surface area (Å²) in [7, 11) is 0. The van der Waals surface area contributed by atoms with Crippen LogP contribution in [0.1, 0.15) is 43.2 Å². The summed E-state index contributed by atoms with van der Waals surface area (Å²) in [5, 5.41) is 2.77. The van der Waals surface area contributed by atoms with Crippen molar-refractivity contribution in [3.63, 3.8) is 0 Å². The van der Waals surface area contributed by atoms with Gasteiger partial charge in [-0.2, -0.15) is 0 Å². The molecule has 5 heteroatoms. The molecule has 0 saturated heterocycles. The Morgan fingerprint density at radius 3 is 2.22 bits per heavy atom. The number of carbonyl (C=O) groups excluding carboxylic acids is 2. The number of rotatable bonds is 8. The Bertz CT molecular complexity index is 773. The van der Waals surface area contributed by atoms with Gasteiger partial charge in [-0.25, -0.2) is 4.79 Å². The van der Waals surface area contributed by atoms with Crippen LogP contribution in [0.4, 0.5) is 4.79 Å². The van der Waals surface area contributed by atoms with Crippen molar-refractivity contribution in [3.05, 3.63) is 59.7 Å². The summed E-state index contributed by atoms with van der Waals surface area (Å²) in [5.74, 6) is 0.0659. The van der Waals surface area contributed by atoms with Gasteiger partial charge in [-0.3, -0.25) is 4.79 Å². The fourth-order valence-electron chi connectivity index (χ4n) is 3.53. The average molecular weight is 366 g/mol. The predicted octanol–water partition coefficient (Wildman–Crippen LogP) is 3.61. The predicted molar refractivity (Wildman–Crippen MR) is 106 cm³/mol. The largest absolute Gasteiger partial charge is 0.449 e. The highest BCUT2D eigenvalue weighted by Gasteiger charge is 2.28. The molecule has 1 amide bonds. The topological polar surface area (TPSA) is 81.4 Å². The van der Waals surface area contributed by atoms with E-state index in [9.17, 15) is 9.59 Å². The number of hydrogen-bond acceptors (Lipinski definition) is 4. The van der Waals surface area contributed by atoms with Gasteiger partial charge in [-0.15, -0.1) is 0 Å². The molecule has 5 nitrogen and oxygen atoms in total. The Morgan fingerprint density at radius 2 is 1.63 bits per heavy atom. The summed E-state index contributed by atoms with van der Waals surface area (Å²) in [4.78, 5) is 23.1. The van der Waals surface area contributed by atoms with E-state index < -0.39 is 12.1 Å². The first-order chi connectivity index (χ1) is 13.1. The zero-order valence-corrected chi connectivity index (χ0v) is 15.6. The van der Waals surface area contributed by atoms with Crippen molar-refractivity contribution in [2.75, 3.05) is 13.2 Å². The standard InChI is InChI=1S/C22H26N2O3/c1-15(25)21(23)12-6-7-13-24-22(26)27-14-20-18-10-4-2-8-16(18)17-9-3-5-11-19(17)20/h2-5,8-11,20-21H,6-7,12-14,23H2,1H3,(H,24,26)/t21-/m1/s1. The van der Waals surface area contributed by atoms with Gasteiger partial charge in [0, 0.05) is 12.5 Å². The number of alkyl carbamates (subject to hydrolysis) is 1. The van der Waals surface area contributed by atoms with E-state index in [1.165, 1.54) is 29.2 Å². The zero-order chi connectivity index (χ0) is 19.2. The molecule has 0 aliphatic heterocycles. The summed E-state index contributed by atoms with van der Waals surface area (Å²) in [6, 6.07) is 16.1. The summed E-state index contributed by atoms with van der Waals surface area (Å²) in [6.07, 6.45) is 1.80. The number of fused-ring (bicyclic) bond motifs is 3. The Kier molecular flexibility index (Phi) is 6.24. The second-order valence-corrected chi connectivity index (χ2v) is 6.97. The maximum absolute atomic E-state index is 12.0. The van der Waals surface area contributed by atoms with Gasteiger partial charge in [0.05, 0.1) is 6.04 Å². The van der Waals surface area contributed by atoms with Crippen LogP contribution in [-0.2, 0) is 9.53 Å². The molecule has 3 rings (SSSR count). The van der Waals surface area contributed by atoms with E-state index in [1.54, 1.807) is 0 Å². The minimum absolute atomic E-state index is 0.000468. The fourth-order valence-corrected chi connectivity index (χ4v) is 3.53. The Labute approximate surface area is 159 Å². The minimum atomic E-state index is -0.410. The molecular weight excluding hydrogens is 340 g/mol. The molecule has 0 fully saturated rings. The van der Waals surface area contributed by atoms with Crippen LogP contribution in [0, 0.1) is 0 Å². The molecule has 27 heavy (non-hydrogen) atoms. The molecule has 3 N–H and O–H groups in total. The molecule has 0 heterocycles. The van der Waals surface area contributed by atoms with Gasteiger partial charge in [0.2, 0.25) is 0 Å². The van der Waals surface area contributed by atoms with Crippen molar-refractivity contribution in [2.24, 2.45) is 5.73 Å². The Balaban J connectivity index is 1.48. The third-order valence-electron chi connectivity index (χ3n) is 5.08. The van der Waals surface area contributed by atoms with Crippen LogP contribution in [0.3, 0.4) is 0 Å². The first-order valence-corrected chi connectivity index (χ1v) is 9.43. The molecule has 0 bridgehead atoms. The number of carbonyl (C=O) groups is 2. The van der Waals surface area contributed by atoms with Crippen molar-refractivity contribution in [2.45, 2.75) is 38.1 Å². The van der Waals surface area contributed by atoms with E-state index in [-0.39, 0.29) is 11.7 Å². The molecule has 1 atom stereocenters. The lowest BCUT2D eigenvalue weighted by Gasteiger charge is -2.14. The normalized spacial score (nSPS) is 13.6. The van der Waals surface area contributed by atoms with Gasteiger partial charge < -0.3 is 15.8 Å². The molecule has 0 aromatic heterocycles. The number of amides is 1. The van der Waals surface area contributed by atoms with Crippen LogP contribution in [-0.4, -0.2) is 31.1 Å². The number of benzene rings is 2. The number of ether oxygens (including phenoxy) is 1. The highest BCUT2D eigenvalue weighted by molar-refractivity contribution is 5.81. The SMILES string of the molecule is CC(=O)[C@H](N)CCCCNC(=O)OCC1c2ccccc2-c2ccccc21.